The van der Waals surface area contributed by atoms with Gasteiger partial charge in [-0.25, -0.2) is 9.37 Å². The first kappa shape index (κ1) is 22.1. The molecule has 1 N–H and O–H groups in total. The summed E-state index contributed by atoms with van der Waals surface area (Å²) >= 11 is 2.58. The van der Waals surface area contributed by atoms with Gasteiger partial charge in [0.1, 0.15) is 5.82 Å². The maximum atomic E-state index is 13.1. The predicted molar refractivity (Wildman–Crippen MR) is 131 cm³/mol. The smallest absolute Gasteiger partial charge is 0.236 e. The predicted octanol–water partition coefficient (Wildman–Crippen LogP) is 5.83. The highest BCUT2D eigenvalue weighted by Crippen LogP contribution is 2.29. The SMILES string of the molecule is Cc1ccc(-n2c(SCC(=O)Nc3nc(-c4ccc(F)cc4)cs3)nnc2-c2ccco2)cc1. The number of rotatable bonds is 7. The van der Waals surface area contributed by atoms with Gasteiger partial charge >= 0.3 is 0 Å². The topological polar surface area (TPSA) is 85.8 Å². The average molecular weight is 492 g/mol. The molecule has 1 amide bonds. The monoisotopic (exact) mass is 491 g/mol. The van der Waals surface area contributed by atoms with Crippen molar-refractivity contribution >= 4 is 34.1 Å². The lowest BCUT2D eigenvalue weighted by Gasteiger charge is -2.09. The molecule has 0 saturated heterocycles. The van der Waals surface area contributed by atoms with E-state index in [2.05, 4.69) is 20.5 Å². The number of thiazole rings is 1. The highest BCUT2D eigenvalue weighted by molar-refractivity contribution is 7.99. The lowest BCUT2D eigenvalue weighted by molar-refractivity contribution is -0.113. The molecule has 0 aliphatic rings. The summed E-state index contributed by atoms with van der Waals surface area (Å²) in [7, 11) is 0. The van der Waals surface area contributed by atoms with Crippen LogP contribution >= 0.6 is 23.1 Å². The van der Waals surface area contributed by atoms with Crippen molar-refractivity contribution in [2.75, 3.05) is 11.1 Å². The summed E-state index contributed by atoms with van der Waals surface area (Å²) in [5.41, 5.74) is 3.46. The van der Waals surface area contributed by atoms with Crippen molar-refractivity contribution in [2.24, 2.45) is 0 Å². The molecule has 34 heavy (non-hydrogen) atoms. The van der Waals surface area contributed by atoms with Crippen LogP contribution in [0.1, 0.15) is 5.56 Å². The minimum Gasteiger partial charge on any atom is -0.461 e. The molecule has 7 nitrogen and oxygen atoms in total. The van der Waals surface area contributed by atoms with E-state index in [9.17, 15) is 9.18 Å². The van der Waals surface area contributed by atoms with E-state index >= 15 is 0 Å². The number of aryl methyl sites for hydroxylation is 1. The van der Waals surface area contributed by atoms with E-state index in [1.165, 1.54) is 35.2 Å². The molecule has 0 saturated carbocycles. The van der Waals surface area contributed by atoms with Crippen molar-refractivity contribution in [1.29, 1.82) is 0 Å². The number of thioether (sulfide) groups is 1. The van der Waals surface area contributed by atoms with Gasteiger partial charge in [-0.3, -0.25) is 9.36 Å². The molecule has 0 spiro atoms. The van der Waals surface area contributed by atoms with Gasteiger partial charge in [0.25, 0.3) is 0 Å². The minimum absolute atomic E-state index is 0.119. The fourth-order valence-electron chi connectivity index (χ4n) is 3.23. The van der Waals surface area contributed by atoms with Gasteiger partial charge in [-0.15, -0.1) is 21.5 Å². The number of hydrogen-bond donors (Lipinski definition) is 1. The fourth-order valence-corrected chi connectivity index (χ4v) is 4.71. The Kier molecular flexibility index (Phi) is 6.24. The molecule has 0 fully saturated rings. The second-order valence-electron chi connectivity index (χ2n) is 7.34. The van der Waals surface area contributed by atoms with Crippen molar-refractivity contribution in [1.82, 2.24) is 19.7 Å². The number of benzene rings is 2. The number of nitrogens with zero attached hydrogens (tertiary/aromatic N) is 4. The second kappa shape index (κ2) is 9.62. The molecule has 0 bridgehead atoms. The first-order valence-corrected chi connectivity index (χ1v) is 12.1. The Morgan fingerprint density at radius 1 is 1.12 bits per heavy atom. The van der Waals surface area contributed by atoms with Gasteiger partial charge in [0, 0.05) is 16.6 Å². The van der Waals surface area contributed by atoms with Crippen molar-refractivity contribution in [3.63, 3.8) is 0 Å². The molecular weight excluding hydrogens is 473 g/mol. The molecule has 0 aliphatic carbocycles. The fraction of sp³-hybridized carbons (Fsp3) is 0.0833. The first-order valence-electron chi connectivity index (χ1n) is 10.3. The van der Waals surface area contributed by atoms with E-state index < -0.39 is 0 Å². The van der Waals surface area contributed by atoms with Crippen LogP contribution in [0.25, 0.3) is 28.5 Å². The third-order valence-corrected chi connectivity index (χ3v) is 6.58. The van der Waals surface area contributed by atoms with Crippen LogP contribution in [0.2, 0.25) is 0 Å². The summed E-state index contributed by atoms with van der Waals surface area (Å²) < 4.78 is 20.5. The van der Waals surface area contributed by atoms with Crippen LogP contribution in [-0.2, 0) is 4.79 Å². The van der Waals surface area contributed by atoms with Gasteiger partial charge in [-0.1, -0.05) is 29.5 Å². The van der Waals surface area contributed by atoms with Crippen LogP contribution in [0.4, 0.5) is 9.52 Å². The van der Waals surface area contributed by atoms with Crippen molar-refractivity contribution in [3.8, 4) is 28.5 Å². The minimum atomic E-state index is -0.307. The molecule has 10 heteroatoms. The summed E-state index contributed by atoms with van der Waals surface area (Å²) in [4.78, 5) is 17.0. The maximum absolute atomic E-state index is 13.1. The Bertz CT molecular complexity index is 1410. The lowest BCUT2D eigenvalue weighted by Crippen LogP contribution is -2.14. The molecule has 5 rings (SSSR count). The average Bonchev–Trinajstić information content (AvgIpc) is 3.60. The number of halogens is 1. The van der Waals surface area contributed by atoms with E-state index in [-0.39, 0.29) is 17.5 Å². The van der Waals surface area contributed by atoms with Crippen molar-refractivity contribution in [3.05, 3.63) is 83.7 Å². The summed E-state index contributed by atoms with van der Waals surface area (Å²) in [6.07, 6.45) is 1.58. The molecule has 170 valence electrons. The van der Waals surface area contributed by atoms with Gasteiger partial charge in [0.2, 0.25) is 11.7 Å². The molecule has 0 radical (unpaired) electrons. The quantitative estimate of drug-likeness (QED) is 0.288. The lowest BCUT2D eigenvalue weighted by atomic mass is 10.2. The highest BCUT2D eigenvalue weighted by Gasteiger charge is 2.19. The third kappa shape index (κ3) is 4.78. The number of hydrogen-bond acceptors (Lipinski definition) is 7. The van der Waals surface area contributed by atoms with Crippen LogP contribution in [0, 0.1) is 12.7 Å². The summed E-state index contributed by atoms with van der Waals surface area (Å²) in [6, 6.07) is 17.6. The van der Waals surface area contributed by atoms with Crippen LogP contribution in [-0.4, -0.2) is 31.4 Å². The van der Waals surface area contributed by atoms with Crippen molar-refractivity contribution in [2.45, 2.75) is 12.1 Å². The molecule has 0 aliphatic heterocycles. The second-order valence-corrected chi connectivity index (χ2v) is 9.14. The Labute approximate surface area is 202 Å². The third-order valence-electron chi connectivity index (χ3n) is 4.89. The van der Waals surface area contributed by atoms with Gasteiger partial charge in [0.05, 0.1) is 17.7 Å². The zero-order chi connectivity index (χ0) is 23.5. The molecule has 3 aromatic heterocycles. The van der Waals surface area contributed by atoms with Crippen LogP contribution in [0.5, 0.6) is 0 Å². The number of carbonyl (C=O) groups excluding carboxylic acids is 1. The van der Waals surface area contributed by atoms with Gasteiger partial charge < -0.3 is 9.73 Å². The molecule has 3 heterocycles. The van der Waals surface area contributed by atoms with Gasteiger partial charge in [-0.2, -0.15) is 0 Å². The summed E-state index contributed by atoms with van der Waals surface area (Å²) in [6.45, 7) is 2.02. The van der Waals surface area contributed by atoms with Gasteiger partial charge in [-0.05, 0) is 55.5 Å². The molecular formula is C24H18FN5O2S2. The van der Waals surface area contributed by atoms with Crippen LogP contribution in [0.3, 0.4) is 0 Å². The van der Waals surface area contributed by atoms with Crippen LogP contribution in [0.15, 0.2) is 81.9 Å². The van der Waals surface area contributed by atoms with E-state index in [0.29, 0.717) is 27.6 Å². The first-order chi connectivity index (χ1) is 16.6. The Balaban J connectivity index is 1.31. The molecule has 0 unspecified atom stereocenters. The Morgan fingerprint density at radius 3 is 2.65 bits per heavy atom. The number of furan rings is 1. The number of anilines is 1. The van der Waals surface area contributed by atoms with E-state index in [1.54, 1.807) is 24.5 Å². The summed E-state index contributed by atoms with van der Waals surface area (Å²) in [5.74, 6) is 0.732. The molecule has 5 aromatic rings. The van der Waals surface area contributed by atoms with Gasteiger partial charge in [0.15, 0.2) is 16.0 Å². The number of amides is 1. The Hall–Kier alpha value is -3.76. The van der Waals surface area contributed by atoms with Crippen molar-refractivity contribution < 1.29 is 13.6 Å². The van der Waals surface area contributed by atoms with Crippen LogP contribution < -0.4 is 5.32 Å². The van der Waals surface area contributed by atoms with E-state index in [4.69, 9.17) is 4.42 Å². The molecule has 0 atom stereocenters. The number of aromatic nitrogens is 4. The molecule has 2 aromatic carbocycles. The largest absolute Gasteiger partial charge is 0.461 e. The maximum Gasteiger partial charge on any atom is 0.236 e. The summed E-state index contributed by atoms with van der Waals surface area (Å²) in [5, 5.41) is 14.3. The van der Waals surface area contributed by atoms with E-state index in [1.807, 2.05) is 47.2 Å². The number of nitrogens with one attached hydrogen (secondary N) is 1. The van der Waals surface area contributed by atoms with E-state index in [0.717, 1.165) is 16.8 Å². The highest BCUT2D eigenvalue weighted by atomic mass is 32.2. The zero-order valence-corrected chi connectivity index (χ0v) is 19.6. The number of carbonyl (C=O) groups is 1. The zero-order valence-electron chi connectivity index (χ0n) is 17.9. The standard InChI is InChI=1S/C24H18FN5O2S2/c1-15-4-10-18(11-5-15)30-22(20-3-2-12-32-20)28-29-24(30)34-14-21(31)27-23-26-19(13-33-23)16-6-8-17(25)9-7-16/h2-13H,14H2,1H3,(H,26,27,31). The Morgan fingerprint density at radius 2 is 1.91 bits per heavy atom. The normalized spacial score (nSPS) is 11.0.